The molecule has 10 nitrogen and oxygen atoms in total. The van der Waals surface area contributed by atoms with Crippen LogP contribution in [0.1, 0.15) is 24.0 Å². The summed E-state index contributed by atoms with van der Waals surface area (Å²) in [6.07, 6.45) is 1.41. The van der Waals surface area contributed by atoms with Gasteiger partial charge in [0.25, 0.3) is 5.91 Å². The van der Waals surface area contributed by atoms with E-state index in [0.29, 0.717) is 23.1 Å². The third-order valence-corrected chi connectivity index (χ3v) is 6.84. The first-order valence-electron chi connectivity index (χ1n) is 10.1. The van der Waals surface area contributed by atoms with Crippen LogP contribution in [-0.4, -0.2) is 57.5 Å². The van der Waals surface area contributed by atoms with Crippen molar-refractivity contribution in [1.82, 2.24) is 4.98 Å². The summed E-state index contributed by atoms with van der Waals surface area (Å²) in [5, 5.41) is 33.1. The van der Waals surface area contributed by atoms with E-state index < -0.39 is 46.2 Å². The minimum atomic E-state index is -2.52. The van der Waals surface area contributed by atoms with Gasteiger partial charge in [0, 0.05) is 37.7 Å². The minimum Gasteiger partial charge on any atom is -0.508 e. The van der Waals surface area contributed by atoms with E-state index in [-0.39, 0.29) is 24.2 Å². The van der Waals surface area contributed by atoms with E-state index in [0.717, 1.165) is 11.3 Å². The van der Waals surface area contributed by atoms with Gasteiger partial charge in [-0.1, -0.05) is 0 Å². The largest absolute Gasteiger partial charge is 0.508 e. The normalized spacial score (nSPS) is 27.3. The average Bonchev–Trinajstić information content (AvgIpc) is 3.18. The number of anilines is 1. The van der Waals surface area contributed by atoms with Crippen molar-refractivity contribution >= 4 is 40.0 Å². The first-order valence-corrected chi connectivity index (χ1v) is 10.1. The van der Waals surface area contributed by atoms with Gasteiger partial charge in [-0.15, -0.1) is 0 Å². The zero-order valence-electron chi connectivity index (χ0n) is 17.4. The summed E-state index contributed by atoms with van der Waals surface area (Å²) in [7, 11) is 3.69. The summed E-state index contributed by atoms with van der Waals surface area (Å²) in [5.41, 5.74) is 4.46. The topological polar surface area (TPSA) is 167 Å². The Morgan fingerprint density at radius 3 is 2.66 bits per heavy atom. The molecule has 3 aliphatic carbocycles. The van der Waals surface area contributed by atoms with Crippen LogP contribution in [0.5, 0.6) is 0 Å². The Balaban J connectivity index is 1.77. The van der Waals surface area contributed by atoms with E-state index in [1.807, 2.05) is 25.1 Å². The van der Waals surface area contributed by atoms with E-state index in [1.54, 1.807) is 0 Å². The number of rotatable bonds is 2. The zero-order valence-corrected chi connectivity index (χ0v) is 17.4. The molecule has 1 aromatic heterocycles. The molecule has 0 aliphatic heterocycles. The highest BCUT2D eigenvalue weighted by Crippen LogP contribution is 2.52. The smallest absolute Gasteiger partial charge is 0.255 e. The number of benzene rings is 1. The highest BCUT2D eigenvalue weighted by atomic mass is 16.4. The van der Waals surface area contributed by atoms with Crippen LogP contribution in [0.15, 0.2) is 33.8 Å². The SMILES string of the molecule is CN(C)c1cc2ncoc2c2c1C[C@H]1C[C@H]3CC(=O)C(C(N)=O)=C(O)[C@@]3(O)C(=O)C1=C2O. The van der Waals surface area contributed by atoms with E-state index in [4.69, 9.17) is 10.2 Å². The van der Waals surface area contributed by atoms with Gasteiger partial charge in [-0.2, -0.15) is 0 Å². The molecular formula is C22H21N3O7. The molecule has 0 unspecified atom stereocenters. The van der Waals surface area contributed by atoms with Crippen LogP contribution in [0.3, 0.4) is 0 Å². The van der Waals surface area contributed by atoms with Gasteiger partial charge in [0.15, 0.2) is 23.4 Å². The fourth-order valence-electron chi connectivity index (χ4n) is 5.39. The van der Waals surface area contributed by atoms with Gasteiger partial charge in [-0.05, 0) is 30.4 Å². The number of carbonyl (C=O) groups excluding carboxylic acids is 3. The number of Topliss-reactive ketones (excluding diaryl/α,β-unsaturated/α-hetero) is 2. The van der Waals surface area contributed by atoms with Gasteiger partial charge < -0.3 is 30.4 Å². The van der Waals surface area contributed by atoms with E-state index >= 15 is 0 Å². The Bertz CT molecular complexity index is 1300. The molecule has 5 rings (SSSR count). The number of aliphatic hydroxyl groups is 3. The number of nitrogens with zero attached hydrogens (tertiary/aromatic N) is 2. The summed E-state index contributed by atoms with van der Waals surface area (Å²) in [4.78, 5) is 43.7. The van der Waals surface area contributed by atoms with Crippen molar-refractivity contribution in [3.63, 3.8) is 0 Å². The number of primary amides is 1. The second-order valence-electron chi connectivity index (χ2n) is 8.75. The number of amides is 1. The van der Waals surface area contributed by atoms with Crippen LogP contribution in [-0.2, 0) is 20.8 Å². The Labute approximate surface area is 181 Å². The number of ketones is 2. The van der Waals surface area contributed by atoms with Gasteiger partial charge in [0.2, 0.25) is 5.78 Å². The van der Waals surface area contributed by atoms with E-state index in [1.165, 1.54) is 6.39 Å². The molecule has 1 aromatic carbocycles. The second-order valence-corrected chi connectivity index (χ2v) is 8.75. The summed E-state index contributed by atoms with van der Waals surface area (Å²) >= 11 is 0. The number of aliphatic hydroxyl groups excluding tert-OH is 2. The highest BCUT2D eigenvalue weighted by Gasteiger charge is 2.60. The van der Waals surface area contributed by atoms with Crippen molar-refractivity contribution in [1.29, 1.82) is 0 Å². The van der Waals surface area contributed by atoms with Gasteiger partial charge >= 0.3 is 0 Å². The van der Waals surface area contributed by atoms with E-state index in [2.05, 4.69) is 4.98 Å². The van der Waals surface area contributed by atoms with Gasteiger partial charge in [-0.25, -0.2) is 4.98 Å². The number of aromatic nitrogens is 1. The monoisotopic (exact) mass is 439 g/mol. The predicted molar refractivity (Wildman–Crippen MR) is 112 cm³/mol. The summed E-state index contributed by atoms with van der Waals surface area (Å²) in [6, 6.07) is 1.83. The summed E-state index contributed by atoms with van der Waals surface area (Å²) in [6.45, 7) is 0. The summed E-state index contributed by atoms with van der Waals surface area (Å²) in [5.74, 6) is -5.77. The lowest BCUT2D eigenvalue weighted by Crippen LogP contribution is -2.58. The number of hydrogen-bond donors (Lipinski definition) is 4. The van der Waals surface area contributed by atoms with Crippen molar-refractivity contribution in [3.05, 3.63) is 40.5 Å². The first-order chi connectivity index (χ1) is 15.1. The number of fused-ring (bicyclic) bond motifs is 5. The molecule has 0 saturated heterocycles. The van der Waals surface area contributed by atoms with Crippen LogP contribution >= 0.6 is 0 Å². The van der Waals surface area contributed by atoms with Crippen molar-refractivity contribution < 1.29 is 34.1 Å². The number of oxazole rings is 1. The average molecular weight is 439 g/mol. The van der Waals surface area contributed by atoms with Crippen molar-refractivity contribution in [3.8, 4) is 0 Å². The lowest BCUT2D eigenvalue weighted by atomic mass is 9.59. The Morgan fingerprint density at radius 2 is 2.00 bits per heavy atom. The quantitative estimate of drug-likeness (QED) is 0.498. The maximum absolute atomic E-state index is 13.5. The van der Waals surface area contributed by atoms with Gasteiger partial charge in [0.1, 0.15) is 22.6 Å². The second kappa shape index (κ2) is 6.42. The van der Waals surface area contributed by atoms with Crippen LogP contribution in [0.4, 0.5) is 5.69 Å². The molecule has 32 heavy (non-hydrogen) atoms. The first kappa shape index (κ1) is 20.3. The fraction of sp³-hybridized carbons (Fsp3) is 0.364. The van der Waals surface area contributed by atoms with Crippen LogP contribution in [0, 0.1) is 11.8 Å². The number of nitrogens with two attached hydrogens (primary N) is 1. The molecule has 2 aromatic rings. The molecule has 3 aliphatic rings. The molecule has 1 fully saturated rings. The predicted octanol–water partition coefficient (Wildman–Crippen LogP) is 0.925. The van der Waals surface area contributed by atoms with Crippen molar-refractivity contribution in [2.45, 2.75) is 24.9 Å². The van der Waals surface area contributed by atoms with Gasteiger partial charge in [-0.3, -0.25) is 14.4 Å². The van der Waals surface area contributed by atoms with Crippen molar-refractivity contribution in [2.75, 3.05) is 19.0 Å². The molecule has 1 saturated carbocycles. The molecule has 0 spiro atoms. The number of carbonyl (C=O) groups is 3. The molecule has 0 bridgehead atoms. The molecule has 5 N–H and O–H groups in total. The highest BCUT2D eigenvalue weighted by molar-refractivity contribution is 6.23. The summed E-state index contributed by atoms with van der Waals surface area (Å²) < 4.78 is 5.49. The van der Waals surface area contributed by atoms with Crippen molar-refractivity contribution in [2.24, 2.45) is 17.6 Å². The molecule has 10 heteroatoms. The molecule has 0 radical (unpaired) electrons. The van der Waals surface area contributed by atoms with Gasteiger partial charge in [0.05, 0.1) is 5.56 Å². The Morgan fingerprint density at radius 1 is 1.28 bits per heavy atom. The number of hydrogen-bond acceptors (Lipinski definition) is 9. The zero-order chi connectivity index (χ0) is 23.1. The van der Waals surface area contributed by atoms with Crippen LogP contribution in [0.25, 0.3) is 16.9 Å². The molecule has 1 heterocycles. The third kappa shape index (κ3) is 2.38. The lowest BCUT2D eigenvalue weighted by Gasteiger charge is -2.46. The maximum atomic E-state index is 13.5. The maximum Gasteiger partial charge on any atom is 0.255 e. The Hall–Kier alpha value is -3.66. The third-order valence-electron chi connectivity index (χ3n) is 6.84. The molecular weight excluding hydrogens is 418 g/mol. The molecule has 1 amide bonds. The standard InChI is InChI=1S/C22H21N3O7/c1-25(2)12-6-11-18(32-7-24-11)15-10(12)4-8-3-9-5-13(26)16(21(23)30)20(29)22(9,31)19(28)14(8)17(15)27/h6-9,27,29,31H,3-5H2,1-2H3,(H2,23,30)/t8-,9+,22+/m1/s1. The van der Waals surface area contributed by atoms with Crippen LogP contribution < -0.4 is 10.6 Å². The minimum absolute atomic E-state index is 0.0745. The van der Waals surface area contributed by atoms with Crippen LogP contribution in [0.2, 0.25) is 0 Å². The fourth-order valence-corrected chi connectivity index (χ4v) is 5.39. The Kier molecular flexibility index (Phi) is 4.07. The lowest BCUT2D eigenvalue weighted by molar-refractivity contribution is -0.147. The molecule has 3 atom stereocenters. The molecule has 166 valence electrons. The van der Waals surface area contributed by atoms with E-state index in [9.17, 15) is 29.7 Å².